The molecule has 1 aliphatic rings. The minimum Gasteiger partial charge on any atom is -0.446 e. The van der Waals surface area contributed by atoms with Crippen LogP contribution in [-0.2, 0) is 35.7 Å². The maximum Gasteiger partial charge on any atom is 0.417 e. The fourth-order valence-corrected chi connectivity index (χ4v) is 6.45. The van der Waals surface area contributed by atoms with E-state index in [0.717, 1.165) is 4.90 Å². The number of hydrogen-bond acceptors (Lipinski definition) is 6. The summed E-state index contributed by atoms with van der Waals surface area (Å²) in [6.07, 6.45) is -2.93. The SMILES string of the molecule is CC(C)(C)OP(=O)(Cc1ccc(C[C@H](F)C(=O)N2C(=O)OC[C@@H]2c2ccccc2)cc1)OC(C)(C)C. The molecule has 0 aromatic heterocycles. The van der Waals surface area contributed by atoms with Crippen LogP contribution in [0.5, 0.6) is 0 Å². The second-order valence-electron chi connectivity index (χ2n) is 10.9. The Kier molecular flexibility index (Phi) is 8.44. The third-order valence-corrected chi connectivity index (χ3v) is 7.61. The summed E-state index contributed by atoms with van der Waals surface area (Å²) in [6, 6.07) is 15.0. The summed E-state index contributed by atoms with van der Waals surface area (Å²) in [5.74, 6) is -0.933. The lowest BCUT2D eigenvalue weighted by Gasteiger charge is -2.32. The minimum absolute atomic E-state index is 0.0106. The van der Waals surface area contributed by atoms with Crippen LogP contribution < -0.4 is 0 Å². The molecule has 9 heteroatoms. The molecule has 2 aromatic rings. The zero-order valence-corrected chi connectivity index (χ0v) is 22.6. The van der Waals surface area contributed by atoms with Crippen LogP contribution in [0, 0.1) is 0 Å². The predicted molar refractivity (Wildman–Crippen MR) is 135 cm³/mol. The third kappa shape index (κ3) is 7.73. The van der Waals surface area contributed by atoms with Gasteiger partial charge < -0.3 is 13.8 Å². The molecule has 2 aromatic carbocycles. The average molecular weight is 520 g/mol. The van der Waals surface area contributed by atoms with Crippen molar-refractivity contribution in [2.24, 2.45) is 0 Å². The summed E-state index contributed by atoms with van der Waals surface area (Å²) in [4.78, 5) is 25.9. The number of carbonyl (C=O) groups excluding carboxylic acids is 2. The molecular weight excluding hydrogens is 484 g/mol. The van der Waals surface area contributed by atoms with Gasteiger partial charge in [-0.1, -0.05) is 54.6 Å². The van der Waals surface area contributed by atoms with Gasteiger partial charge in [0.05, 0.1) is 17.4 Å². The Hall–Kier alpha value is -2.54. The molecule has 0 radical (unpaired) electrons. The van der Waals surface area contributed by atoms with Gasteiger partial charge in [-0.25, -0.2) is 14.1 Å². The number of ether oxygens (including phenoxy) is 1. The molecular formula is C27H35FNO6P. The molecule has 0 spiro atoms. The zero-order chi connectivity index (χ0) is 26.7. The lowest BCUT2D eigenvalue weighted by molar-refractivity contribution is -0.134. The summed E-state index contributed by atoms with van der Waals surface area (Å²) in [5, 5.41) is 0. The summed E-state index contributed by atoms with van der Waals surface area (Å²) in [6.45, 7) is 10.9. The van der Waals surface area contributed by atoms with Gasteiger partial charge in [-0.2, -0.15) is 0 Å². The second-order valence-corrected chi connectivity index (χ2v) is 12.8. The van der Waals surface area contributed by atoms with Crippen LogP contribution in [0.1, 0.15) is 64.3 Å². The van der Waals surface area contributed by atoms with E-state index in [-0.39, 0.29) is 19.2 Å². The minimum atomic E-state index is -3.49. The number of carbonyl (C=O) groups is 2. The number of imide groups is 1. The van der Waals surface area contributed by atoms with E-state index in [2.05, 4.69) is 0 Å². The van der Waals surface area contributed by atoms with Crippen LogP contribution in [0.25, 0.3) is 0 Å². The lowest BCUT2D eigenvalue weighted by atomic mass is 10.0. The normalized spacial score (nSPS) is 17.7. The number of hydrogen-bond donors (Lipinski definition) is 0. The van der Waals surface area contributed by atoms with E-state index in [1.165, 1.54) is 0 Å². The molecule has 2 amide bonds. The number of amides is 2. The number of rotatable bonds is 8. The van der Waals surface area contributed by atoms with E-state index in [1.54, 1.807) is 48.5 Å². The van der Waals surface area contributed by atoms with Crippen molar-refractivity contribution in [2.75, 3.05) is 6.61 Å². The molecule has 1 fully saturated rings. The summed E-state index contributed by atoms with van der Waals surface area (Å²) < 4.78 is 45.2. The van der Waals surface area contributed by atoms with Gasteiger partial charge in [0.15, 0.2) is 6.17 Å². The fourth-order valence-electron chi connectivity index (χ4n) is 3.95. The first-order valence-corrected chi connectivity index (χ1v) is 13.7. The monoisotopic (exact) mass is 519 g/mol. The van der Waals surface area contributed by atoms with Crippen molar-refractivity contribution < 1.29 is 32.3 Å². The van der Waals surface area contributed by atoms with Crippen molar-refractivity contribution in [3.63, 3.8) is 0 Å². The van der Waals surface area contributed by atoms with E-state index in [4.69, 9.17) is 13.8 Å². The quantitative estimate of drug-likeness (QED) is 0.365. The molecule has 36 heavy (non-hydrogen) atoms. The van der Waals surface area contributed by atoms with Gasteiger partial charge >= 0.3 is 13.7 Å². The highest BCUT2D eigenvalue weighted by Gasteiger charge is 2.42. The van der Waals surface area contributed by atoms with Crippen LogP contribution in [0.4, 0.5) is 9.18 Å². The average Bonchev–Trinajstić information content (AvgIpc) is 3.13. The van der Waals surface area contributed by atoms with Crippen LogP contribution in [0.3, 0.4) is 0 Å². The van der Waals surface area contributed by atoms with E-state index >= 15 is 4.39 Å². The molecule has 1 aliphatic heterocycles. The highest BCUT2D eigenvalue weighted by molar-refractivity contribution is 7.53. The highest BCUT2D eigenvalue weighted by Crippen LogP contribution is 2.56. The van der Waals surface area contributed by atoms with Crippen LogP contribution in [0.2, 0.25) is 0 Å². The lowest BCUT2D eigenvalue weighted by Crippen LogP contribution is -2.40. The van der Waals surface area contributed by atoms with Gasteiger partial charge in [0, 0.05) is 6.42 Å². The van der Waals surface area contributed by atoms with Crippen molar-refractivity contribution >= 4 is 19.6 Å². The Morgan fingerprint density at radius 2 is 1.53 bits per heavy atom. The number of halogens is 1. The van der Waals surface area contributed by atoms with Crippen molar-refractivity contribution in [2.45, 2.75) is 77.5 Å². The van der Waals surface area contributed by atoms with E-state index in [9.17, 15) is 14.2 Å². The highest BCUT2D eigenvalue weighted by atomic mass is 31.2. The Morgan fingerprint density at radius 1 is 1.00 bits per heavy atom. The Bertz CT molecular complexity index is 1090. The zero-order valence-electron chi connectivity index (χ0n) is 21.7. The molecule has 7 nitrogen and oxygen atoms in total. The molecule has 0 saturated carbocycles. The molecule has 0 bridgehead atoms. The number of cyclic esters (lactones) is 1. The summed E-state index contributed by atoms with van der Waals surface area (Å²) in [5.41, 5.74) is 0.622. The first kappa shape index (κ1) is 28.0. The molecule has 0 N–H and O–H groups in total. The van der Waals surface area contributed by atoms with Crippen LogP contribution in [-0.4, -0.2) is 40.9 Å². The van der Waals surface area contributed by atoms with Gasteiger partial charge in [0.25, 0.3) is 5.91 Å². The van der Waals surface area contributed by atoms with Crippen LogP contribution >= 0.6 is 7.60 Å². The number of nitrogens with zero attached hydrogens (tertiary/aromatic N) is 1. The molecule has 0 unspecified atom stereocenters. The Balaban J connectivity index is 1.69. The van der Waals surface area contributed by atoms with Crippen molar-refractivity contribution in [1.29, 1.82) is 0 Å². The van der Waals surface area contributed by atoms with Crippen molar-refractivity contribution in [1.82, 2.24) is 4.90 Å². The first-order valence-electron chi connectivity index (χ1n) is 11.9. The topological polar surface area (TPSA) is 82.1 Å². The summed E-state index contributed by atoms with van der Waals surface area (Å²) >= 11 is 0. The van der Waals surface area contributed by atoms with E-state index in [1.807, 2.05) is 47.6 Å². The fraction of sp³-hybridized carbons (Fsp3) is 0.481. The van der Waals surface area contributed by atoms with E-state index < -0.39 is 43.0 Å². The van der Waals surface area contributed by atoms with Gasteiger partial charge in [0.2, 0.25) is 0 Å². The largest absolute Gasteiger partial charge is 0.446 e. The predicted octanol–water partition coefficient (Wildman–Crippen LogP) is 6.61. The molecule has 2 atom stereocenters. The van der Waals surface area contributed by atoms with Crippen LogP contribution in [0.15, 0.2) is 54.6 Å². The van der Waals surface area contributed by atoms with Crippen molar-refractivity contribution in [3.05, 3.63) is 71.3 Å². The first-order chi connectivity index (χ1) is 16.7. The van der Waals surface area contributed by atoms with Gasteiger partial charge in [-0.3, -0.25) is 9.36 Å². The smallest absolute Gasteiger partial charge is 0.417 e. The molecule has 3 rings (SSSR count). The molecule has 196 valence electrons. The van der Waals surface area contributed by atoms with Gasteiger partial charge in [-0.15, -0.1) is 0 Å². The molecule has 1 saturated heterocycles. The Labute approximate surface area is 212 Å². The van der Waals surface area contributed by atoms with Gasteiger partial charge in [0.1, 0.15) is 12.6 Å². The van der Waals surface area contributed by atoms with Gasteiger partial charge in [-0.05, 0) is 58.2 Å². The van der Waals surface area contributed by atoms with Crippen molar-refractivity contribution in [3.8, 4) is 0 Å². The second kappa shape index (κ2) is 10.8. The number of alkyl halides is 1. The maximum absolute atomic E-state index is 15.1. The third-order valence-electron chi connectivity index (χ3n) is 5.20. The van der Waals surface area contributed by atoms with E-state index in [0.29, 0.717) is 16.7 Å². The molecule has 0 aliphatic carbocycles. The molecule has 1 heterocycles. The number of benzene rings is 2. The Morgan fingerprint density at radius 3 is 2.06 bits per heavy atom. The summed E-state index contributed by atoms with van der Waals surface area (Å²) in [7, 11) is -3.49. The maximum atomic E-state index is 15.1. The standard InChI is InChI=1S/C27H35FNO6P/c1-26(2,3)34-36(32,35-27(4,5)6)18-20-14-12-19(13-15-20)16-22(28)24(30)29-23(17-33-25(29)31)21-10-8-7-9-11-21/h7-15,22-23H,16-18H2,1-6H3/t22-,23+/m0/s1.